The van der Waals surface area contributed by atoms with Crippen molar-refractivity contribution in [2.45, 2.75) is 6.92 Å². The summed E-state index contributed by atoms with van der Waals surface area (Å²) in [5.41, 5.74) is 6.71. The van der Waals surface area contributed by atoms with Crippen LogP contribution < -0.4 is 5.73 Å². The number of ether oxygens (including phenoxy) is 1. The molecule has 0 amide bonds. The Hall–Kier alpha value is -3.32. The lowest BCUT2D eigenvalue weighted by Gasteiger charge is -2.11. The van der Waals surface area contributed by atoms with E-state index in [1.165, 1.54) is 17.0 Å². The molecule has 0 bridgehead atoms. The minimum Gasteiger partial charge on any atom is -0.462 e. The highest BCUT2D eigenvalue weighted by Gasteiger charge is 2.18. The Bertz CT molecular complexity index is 780. The van der Waals surface area contributed by atoms with Gasteiger partial charge in [0.25, 0.3) is 0 Å². The summed E-state index contributed by atoms with van der Waals surface area (Å²) in [7, 11) is 0. The number of aromatic nitrogens is 2. The molecule has 21 heavy (non-hydrogen) atoms. The van der Waals surface area contributed by atoms with E-state index in [1.807, 2.05) is 12.1 Å². The molecule has 1 aromatic heterocycles. The fraction of sp³-hybridized carbons (Fsp3) is 0.143. The normalized spacial score (nSPS) is 9.67. The Morgan fingerprint density at radius 1 is 1.43 bits per heavy atom. The lowest BCUT2D eigenvalue weighted by Crippen LogP contribution is -2.11. The molecule has 0 radical (unpaired) electrons. The third kappa shape index (κ3) is 2.53. The molecular formula is C14H11N5O2. The van der Waals surface area contributed by atoms with Gasteiger partial charge in [0.15, 0.2) is 11.4 Å². The van der Waals surface area contributed by atoms with Gasteiger partial charge in [0.2, 0.25) is 0 Å². The number of anilines is 1. The van der Waals surface area contributed by atoms with Crippen LogP contribution in [0.1, 0.15) is 28.7 Å². The smallest absolute Gasteiger partial charge is 0.340 e. The number of hydrogen-bond donors (Lipinski definition) is 1. The maximum atomic E-state index is 12.0. The monoisotopic (exact) mass is 281 g/mol. The minimum absolute atomic E-state index is 0.0101. The molecule has 0 fully saturated rings. The summed E-state index contributed by atoms with van der Waals surface area (Å²) in [6.07, 6.45) is 1.31. The van der Waals surface area contributed by atoms with Crippen molar-refractivity contribution >= 4 is 11.7 Å². The van der Waals surface area contributed by atoms with Crippen LogP contribution in [0.15, 0.2) is 24.5 Å². The van der Waals surface area contributed by atoms with Crippen molar-refractivity contribution in [2.24, 2.45) is 0 Å². The van der Waals surface area contributed by atoms with E-state index in [-0.39, 0.29) is 23.6 Å². The number of nitrogen functional groups attached to an aromatic ring is 1. The fourth-order valence-corrected chi connectivity index (χ4v) is 1.86. The van der Waals surface area contributed by atoms with Crippen LogP contribution in [0, 0.1) is 22.7 Å². The van der Waals surface area contributed by atoms with Crippen LogP contribution in [0.3, 0.4) is 0 Å². The molecule has 2 rings (SSSR count). The topological polar surface area (TPSA) is 118 Å². The second kappa shape index (κ2) is 5.76. The summed E-state index contributed by atoms with van der Waals surface area (Å²) in [4.78, 5) is 15.9. The number of benzene rings is 1. The molecule has 1 heterocycles. The third-order valence-electron chi connectivity index (χ3n) is 2.75. The predicted octanol–water partition coefficient (Wildman–Crippen LogP) is 1.37. The molecule has 0 aliphatic heterocycles. The summed E-state index contributed by atoms with van der Waals surface area (Å²) in [5.74, 6) is -0.559. The number of imidazole rings is 1. The van der Waals surface area contributed by atoms with Gasteiger partial charge in [-0.15, -0.1) is 0 Å². The number of nitrogens with two attached hydrogens (primary N) is 1. The first-order valence-electron chi connectivity index (χ1n) is 6.07. The van der Waals surface area contributed by atoms with Gasteiger partial charge in [-0.2, -0.15) is 10.5 Å². The zero-order valence-corrected chi connectivity index (χ0v) is 11.2. The summed E-state index contributed by atoms with van der Waals surface area (Å²) < 4.78 is 6.34. The average Bonchev–Trinajstić information content (AvgIpc) is 2.90. The summed E-state index contributed by atoms with van der Waals surface area (Å²) in [5, 5.41) is 18.1. The molecule has 2 aromatic rings. The first-order chi connectivity index (χ1) is 10.1. The maximum absolute atomic E-state index is 12.0. The minimum atomic E-state index is -0.559. The molecule has 0 unspecified atom stereocenters. The molecular weight excluding hydrogens is 270 g/mol. The predicted molar refractivity (Wildman–Crippen MR) is 73.4 cm³/mol. The molecule has 0 saturated carbocycles. The number of nitrogens with zero attached hydrogens (tertiary/aromatic N) is 4. The van der Waals surface area contributed by atoms with Crippen molar-refractivity contribution in [3.05, 3.63) is 41.5 Å². The van der Waals surface area contributed by atoms with Crippen molar-refractivity contribution in [3.8, 4) is 17.8 Å². The number of nitriles is 2. The van der Waals surface area contributed by atoms with Gasteiger partial charge in [-0.1, -0.05) is 0 Å². The molecule has 1 aromatic carbocycles. The van der Waals surface area contributed by atoms with Crippen molar-refractivity contribution in [3.63, 3.8) is 0 Å². The SMILES string of the molecule is CCOC(=O)c1cc(N)ccc1-n1cnc(C#N)c1C#N. The Morgan fingerprint density at radius 2 is 2.19 bits per heavy atom. The van der Waals surface area contributed by atoms with E-state index in [0.717, 1.165) is 0 Å². The largest absolute Gasteiger partial charge is 0.462 e. The van der Waals surface area contributed by atoms with E-state index in [2.05, 4.69) is 4.98 Å². The maximum Gasteiger partial charge on any atom is 0.340 e. The molecule has 0 saturated heterocycles. The lowest BCUT2D eigenvalue weighted by molar-refractivity contribution is 0.0526. The number of esters is 1. The third-order valence-corrected chi connectivity index (χ3v) is 2.75. The highest BCUT2D eigenvalue weighted by molar-refractivity contribution is 5.94. The number of carbonyl (C=O) groups is 1. The second-order valence-corrected chi connectivity index (χ2v) is 4.03. The molecule has 0 spiro atoms. The fourth-order valence-electron chi connectivity index (χ4n) is 1.86. The highest BCUT2D eigenvalue weighted by Crippen LogP contribution is 2.22. The van der Waals surface area contributed by atoms with E-state index in [4.69, 9.17) is 21.0 Å². The van der Waals surface area contributed by atoms with Crippen molar-refractivity contribution in [1.29, 1.82) is 10.5 Å². The molecule has 0 atom stereocenters. The zero-order valence-electron chi connectivity index (χ0n) is 11.2. The summed E-state index contributed by atoms with van der Waals surface area (Å²) in [6.45, 7) is 1.90. The van der Waals surface area contributed by atoms with Gasteiger partial charge in [0, 0.05) is 5.69 Å². The number of carbonyl (C=O) groups excluding carboxylic acids is 1. The van der Waals surface area contributed by atoms with E-state index < -0.39 is 5.97 Å². The van der Waals surface area contributed by atoms with Gasteiger partial charge < -0.3 is 10.5 Å². The highest BCUT2D eigenvalue weighted by atomic mass is 16.5. The van der Waals surface area contributed by atoms with Gasteiger partial charge in [0.05, 0.1) is 17.9 Å². The Morgan fingerprint density at radius 3 is 2.81 bits per heavy atom. The van der Waals surface area contributed by atoms with E-state index in [0.29, 0.717) is 11.4 Å². The zero-order chi connectivity index (χ0) is 15.4. The Kier molecular flexibility index (Phi) is 3.87. The summed E-state index contributed by atoms with van der Waals surface area (Å²) in [6, 6.07) is 8.35. The summed E-state index contributed by atoms with van der Waals surface area (Å²) >= 11 is 0. The van der Waals surface area contributed by atoms with E-state index in [9.17, 15) is 4.79 Å². The van der Waals surface area contributed by atoms with Crippen LogP contribution in [0.2, 0.25) is 0 Å². The second-order valence-electron chi connectivity index (χ2n) is 4.03. The molecule has 2 N–H and O–H groups in total. The Labute approximate surface area is 120 Å². The van der Waals surface area contributed by atoms with Crippen LogP contribution in [-0.2, 0) is 4.74 Å². The van der Waals surface area contributed by atoms with E-state index in [1.54, 1.807) is 19.1 Å². The standard InChI is InChI=1S/C14H11N5O2/c1-2-21-14(20)10-5-9(17)3-4-12(10)19-8-18-11(6-15)13(19)7-16/h3-5,8H,2,17H2,1H3. The molecule has 104 valence electrons. The first kappa shape index (κ1) is 14.1. The van der Waals surface area contributed by atoms with Crippen molar-refractivity contribution in [2.75, 3.05) is 12.3 Å². The van der Waals surface area contributed by atoms with Crippen LogP contribution >= 0.6 is 0 Å². The van der Waals surface area contributed by atoms with Gasteiger partial charge in [-0.05, 0) is 25.1 Å². The molecule has 7 heteroatoms. The number of hydrogen-bond acceptors (Lipinski definition) is 6. The van der Waals surface area contributed by atoms with Gasteiger partial charge in [-0.3, -0.25) is 4.57 Å². The van der Waals surface area contributed by atoms with Crippen LogP contribution in [0.25, 0.3) is 5.69 Å². The van der Waals surface area contributed by atoms with Crippen LogP contribution in [-0.4, -0.2) is 22.1 Å². The van der Waals surface area contributed by atoms with Crippen molar-refractivity contribution < 1.29 is 9.53 Å². The quantitative estimate of drug-likeness (QED) is 0.670. The van der Waals surface area contributed by atoms with Gasteiger partial charge >= 0.3 is 5.97 Å². The molecule has 0 aliphatic rings. The molecule has 0 aliphatic carbocycles. The van der Waals surface area contributed by atoms with E-state index >= 15 is 0 Å². The number of rotatable bonds is 3. The van der Waals surface area contributed by atoms with Crippen molar-refractivity contribution in [1.82, 2.24) is 9.55 Å². The Balaban J connectivity index is 2.65. The first-order valence-corrected chi connectivity index (χ1v) is 6.07. The van der Waals surface area contributed by atoms with Gasteiger partial charge in [0.1, 0.15) is 18.5 Å². The van der Waals surface area contributed by atoms with Crippen LogP contribution in [0.4, 0.5) is 5.69 Å². The average molecular weight is 281 g/mol. The molecule has 7 nitrogen and oxygen atoms in total. The van der Waals surface area contributed by atoms with Gasteiger partial charge in [-0.25, -0.2) is 9.78 Å². The van der Waals surface area contributed by atoms with Crippen LogP contribution in [0.5, 0.6) is 0 Å². The lowest BCUT2D eigenvalue weighted by atomic mass is 10.1.